The van der Waals surface area contributed by atoms with Gasteiger partial charge in [0.1, 0.15) is 0 Å². The molecule has 0 aliphatic rings. The van der Waals surface area contributed by atoms with E-state index in [0.29, 0.717) is 0 Å². The lowest BCUT2D eigenvalue weighted by molar-refractivity contribution is 0.272. The maximum atomic E-state index is 8.79. The van der Waals surface area contributed by atoms with E-state index < -0.39 is 0 Å². The molecule has 0 rings (SSSR count). The summed E-state index contributed by atoms with van der Waals surface area (Å²) in [5, 5.41) is 12.3. The summed E-state index contributed by atoms with van der Waals surface area (Å²) in [6.07, 6.45) is 24.5. The lowest BCUT2D eigenvalue weighted by Gasteiger charge is -2.10. The van der Waals surface area contributed by atoms with E-state index >= 15 is 0 Å². The molecule has 0 bridgehead atoms. The molecule has 1 atom stereocenters. The highest BCUT2D eigenvalue weighted by Gasteiger charge is 2.00. The second-order valence-electron chi connectivity index (χ2n) is 8.11. The van der Waals surface area contributed by atoms with Gasteiger partial charge in [-0.15, -0.1) is 0 Å². The van der Waals surface area contributed by atoms with Gasteiger partial charge in [-0.2, -0.15) is 0 Å². The Kier molecular flexibility index (Phi) is 22.8. The van der Waals surface area contributed by atoms with Gasteiger partial charge in [-0.1, -0.05) is 103 Å². The molecule has 0 spiro atoms. The van der Waals surface area contributed by atoms with Crippen molar-refractivity contribution >= 4 is 0 Å². The monoisotopic (exact) mass is 370 g/mol. The second kappa shape index (κ2) is 22.9. The standard InChI is InChI=1S/C23H50N2O/c1-2-3-4-5-6-7-8-9-10-11-12-13-14-15-16-17-20-25-21-18-23(24)19-22-26/h23,25-26H,2-22,24H2,1H3. The Morgan fingerprint density at radius 2 is 1.04 bits per heavy atom. The van der Waals surface area contributed by atoms with Crippen LogP contribution in [0.25, 0.3) is 0 Å². The molecule has 1 unspecified atom stereocenters. The first-order valence-corrected chi connectivity index (χ1v) is 11.9. The van der Waals surface area contributed by atoms with Gasteiger partial charge in [-0.25, -0.2) is 0 Å². The van der Waals surface area contributed by atoms with Crippen LogP contribution in [0, 0.1) is 0 Å². The average molecular weight is 371 g/mol. The highest BCUT2D eigenvalue weighted by Crippen LogP contribution is 2.13. The van der Waals surface area contributed by atoms with E-state index in [9.17, 15) is 0 Å². The van der Waals surface area contributed by atoms with Crippen molar-refractivity contribution in [3.63, 3.8) is 0 Å². The largest absolute Gasteiger partial charge is 0.396 e. The fourth-order valence-electron chi connectivity index (χ4n) is 3.52. The molecule has 0 radical (unpaired) electrons. The lowest BCUT2D eigenvalue weighted by Crippen LogP contribution is -2.27. The van der Waals surface area contributed by atoms with E-state index in [1.807, 2.05) is 0 Å². The van der Waals surface area contributed by atoms with Crippen LogP contribution >= 0.6 is 0 Å². The van der Waals surface area contributed by atoms with Crippen LogP contribution in [0.15, 0.2) is 0 Å². The van der Waals surface area contributed by atoms with Gasteiger partial charge >= 0.3 is 0 Å². The lowest BCUT2D eigenvalue weighted by atomic mass is 10.0. The van der Waals surface area contributed by atoms with Crippen molar-refractivity contribution in [2.45, 2.75) is 129 Å². The summed E-state index contributed by atoms with van der Waals surface area (Å²) in [4.78, 5) is 0. The van der Waals surface area contributed by atoms with E-state index in [-0.39, 0.29) is 12.6 Å². The first-order chi connectivity index (χ1) is 12.8. The number of nitrogens with one attached hydrogen (secondary N) is 1. The number of hydrogen-bond acceptors (Lipinski definition) is 3. The zero-order chi connectivity index (χ0) is 19.1. The van der Waals surface area contributed by atoms with E-state index in [1.165, 1.54) is 103 Å². The quantitative estimate of drug-likeness (QED) is 0.207. The fourth-order valence-corrected chi connectivity index (χ4v) is 3.52. The minimum absolute atomic E-state index is 0.151. The summed E-state index contributed by atoms with van der Waals surface area (Å²) in [6, 6.07) is 0.151. The predicted molar refractivity (Wildman–Crippen MR) is 117 cm³/mol. The maximum Gasteiger partial charge on any atom is 0.0445 e. The smallest absolute Gasteiger partial charge is 0.0445 e. The molecule has 26 heavy (non-hydrogen) atoms. The zero-order valence-corrected chi connectivity index (χ0v) is 18.0. The summed E-state index contributed by atoms with van der Waals surface area (Å²) < 4.78 is 0. The fraction of sp³-hybridized carbons (Fsp3) is 1.00. The van der Waals surface area contributed by atoms with E-state index in [0.717, 1.165) is 25.9 Å². The highest BCUT2D eigenvalue weighted by atomic mass is 16.3. The third kappa shape index (κ3) is 21.9. The topological polar surface area (TPSA) is 58.3 Å². The van der Waals surface area contributed by atoms with Crippen LogP contribution in [-0.4, -0.2) is 30.8 Å². The van der Waals surface area contributed by atoms with Crippen molar-refractivity contribution in [1.82, 2.24) is 5.32 Å². The van der Waals surface area contributed by atoms with Gasteiger partial charge in [0.25, 0.3) is 0 Å². The molecule has 0 aromatic carbocycles. The maximum absolute atomic E-state index is 8.79. The van der Waals surface area contributed by atoms with Crippen molar-refractivity contribution in [2.75, 3.05) is 19.7 Å². The van der Waals surface area contributed by atoms with Gasteiger partial charge in [0.15, 0.2) is 0 Å². The SMILES string of the molecule is CCCCCCCCCCCCCCCCCCNCCC(N)CCO. The molecule has 3 nitrogen and oxygen atoms in total. The van der Waals surface area contributed by atoms with Crippen molar-refractivity contribution in [3.8, 4) is 0 Å². The summed E-state index contributed by atoms with van der Waals surface area (Å²) >= 11 is 0. The predicted octanol–water partition coefficient (Wildman–Crippen LogP) is 5.94. The molecule has 0 saturated carbocycles. The average Bonchev–Trinajstić information content (AvgIpc) is 2.64. The highest BCUT2D eigenvalue weighted by molar-refractivity contribution is 4.62. The number of hydrogen-bond donors (Lipinski definition) is 3. The van der Waals surface area contributed by atoms with Crippen molar-refractivity contribution in [3.05, 3.63) is 0 Å². The molecule has 0 aromatic heterocycles. The van der Waals surface area contributed by atoms with Gasteiger partial charge in [0, 0.05) is 12.6 Å². The molecule has 0 fully saturated rings. The van der Waals surface area contributed by atoms with E-state index in [1.54, 1.807) is 0 Å². The van der Waals surface area contributed by atoms with Crippen LogP contribution in [-0.2, 0) is 0 Å². The van der Waals surface area contributed by atoms with E-state index in [2.05, 4.69) is 12.2 Å². The van der Waals surface area contributed by atoms with Gasteiger partial charge in [0.2, 0.25) is 0 Å². The summed E-state index contributed by atoms with van der Waals surface area (Å²) in [5.41, 5.74) is 5.86. The molecule has 0 aliphatic carbocycles. The Morgan fingerprint density at radius 3 is 1.46 bits per heavy atom. The number of rotatable bonds is 22. The van der Waals surface area contributed by atoms with Gasteiger partial charge in [-0.3, -0.25) is 0 Å². The Labute approximate surface area is 164 Å². The minimum atomic E-state index is 0.151. The van der Waals surface area contributed by atoms with Crippen LogP contribution in [0.3, 0.4) is 0 Å². The second-order valence-corrected chi connectivity index (χ2v) is 8.11. The minimum Gasteiger partial charge on any atom is -0.396 e. The van der Waals surface area contributed by atoms with Gasteiger partial charge in [0.05, 0.1) is 0 Å². The molecule has 0 aliphatic heterocycles. The zero-order valence-electron chi connectivity index (χ0n) is 18.0. The first-order valence-electron chi connectivity index (χ1n) is 11.9. The summed E-state index contributed by atoms with van der Waals surface area (Å²) in [6.45, 7) is 4.60. The Balaban J connectivity index is 3.01. The number of unbranched alkanes of at least 4 members (excludes halogenated alkanes) is 15. The van der Waals surface area contributed by atoms with Gasteiger partial charge < -0.3 is 16.2 Å². The van der Waals surface area contributed by atoms with Crippen LogP contribution in [0.4, 0.5) is 0 Å². The molecule has 0 heterocycles. The first kappa shape index (κ1) is 25.9. The molecule has 158 valence electrons. The van der Waals surface area contributed by atoms with Crippen LogP contribution in [0.5, 0.6) is 0 Å². The van der Waals surface area contributed by atoms with Crippen LogP contribution in [0.1, 0.15) is 122 Å². The molecule has 0 aromatic rings. The third-order valence-electron chi connectivity index (χ3n) is 5.40. The van der Waals surface area contributed by atoms with Crippen molar-refractivity contribution in [2.24, 2.45) is 5.73 Å². The van der Waals surface area contributed by atoms with Crippen molar-refractivity contribution < 1.29 is 5.11 Å². The van der Waals surface area contributed by atoms with E-state index in [4.69, 9.17) is 10.8 Å². The summed E-state index contributed by atoms with van der Waals surface area (Å²) in [5.74, 6) is 0. The van der Waals surface area contributed by atoms with Gasteiger partial charge in [-0.05, 0) is 32.4 Å². The number of aliphatic hydroxyl groups is 1. The number of nitrogens with two attached hydrogens (primary N) is 1. The molecular weight excluding hydrogens is 320 g/mol. The normalized spacial score (nSPS) is 12.6. The number of aliphatic hydroxyl groups excluding tert-OH is 1. The van der Waals surface area contributed by atoms with Crippen molar-refractivity contribution in [1.29, 1.82) is 0 Å². The molecule has 0 amide bonds. The molecular formula is C23H50N2O. The molecule has 0 saturated heterocycles. The molecule has 4 N–H and O–H groups in total. The van der Waals surface area contributed by atoms with Crippen LogP contribution in [0.2, 0.25) is 0 Å². The Bertz CT molecular complexity index is 248. The third-order valence-corrected chi connectivity index (χ3v) is 5.40. The Hall–Kier alpha value is -0.120. The molecule has 3 heteroatoms. The van der Waals surface area contributed by atoms with Crippen LogP contribution < -0.4 is 11.1 Å². The summed E-state index contributed by atoms with van der Waals surface area (Å²) in [7, 11) is 0. The Morgan fingerprint density at radius 1 is 0.615 bits per heavy atom.